The average Bonchev–Trinajstić information content (AvgIpc) is 3.23. The van der Waals surface area contributed by atoms with Crippen LogP contribution in [0.1, 0.15) is 34.9 Å². The fourth-order valence-corrected chi connectivity index (χ4v) is 5.06. The summed E-state index contributed by atoms with van der Waals surface area (Å²) in [7, 11) is 1.62. The van der Waals surface area contributed by atoms with E-state index in [1.54, 1.807) is 25.4 Å². The van der Waals surface area contributed by atoms with Gasteiger partial charge in [-0.2, -0.15) is 0 Å². The number of nitrogens with one attached hydrogen (secondary N) is 1. The lowest BCUT2D eigenvalue weighted by molar-refractivity contribution is 0.0438. The molecule has 2 aromatic carbocycles. The Morgan fingerprint density at radius 2 is 2.03 bits per heavy atom. The third-order valence-electron chi connectivity index (χ3n) is 7.27. The number of aliphatic hydroxyl groups is 2. The van der Waals surface area contributed by atoms with Crippen molar-refractivity contribution in [1.82, 2.24) is 15.2 Å². The topological polar surface area (TPSA) is 104 Å². The number of carbonyl (C=O) groups excluding carboxylic acids is 1. The molecule has 1 unspecified atom stereocenters. The maximum atomic E-state index is 12.6. The molecule has 2 aliphatic heterocycles. The van der Waals surface area contributed by atoms with E-state index in [9.17, 15) is 15.0 Å². The highest BCUT2D eigenvalue weighted by Crippen LogP contribution is 2.31. The van der Waals surface area contributed by atoms with Crippen LogP contribution in [0.5, 0.6) is 11.5 Å². The summed E-state index contributed by atoms with van der Waals surface area (Å²) in [5, 5.41) is 25.6. The summed E-state index contributed by atoms with van der Waals surface area (Å²) in [5.74, 6) is 1.32. The number of benzene rings is 2. The van der Waals surface area contributed by atoms with E-state index < -0.39 is 17.7 Å². The first-order chi connectivity index (χ1) is 17.0. The van der Waals surface area contributed by atoms with Gasteiger partial charge in [0.05, 0.1) is 30.9 Å². The molecular weight excluding hydrogens is 446 g/mol. The van der Waals surface area contributed by atoms with Crippen LogP contribution in [0.15, 0.2) is 54.7 Å². The number of rotatable bonds is 8. The van der Waals surface area contributed by atoms with Crippen molar-refractivity contribution >= 4 is 16.7 Å². The summed E-state index contributed by atoms with van der Waals surface area (Å²) in [6, 6.07) is 14.8. The molecule has 184 valence electrons. The van der Waals surface area contributed by atoms with Crippen LogP contribution in [0.4, 0.5) is 0 Å². The molecule has 2 aliphatic rings. The van der Waals surface area contributed by atoms with Gasteiger partial charge in [0.25, 0.3) is 0 Å². The fourth-order valence-electron chi connectivity index (χ4n) is 5.06. The number of piperidine rings is 1. The molecule has 0 bridgehead atoms. The van der Waals surface area contributed by atoms with Gasteiger partial charge in [-0.3, -0.25) is 9.78 Å². The van der Waals surface area contributed by atoms with Crippen molar-refractivity contribution in [1.29, 1.82) is 0 Å². The zero-order valence-electron chi connectivity index (χ0n) is 19.8. The largest absolute Gasteiger partial charge is 0.497 e. The molecule has 0 amide bonds. The van der Waals surface area contributed by atoms with Crippen molar-refractivity contribution in [2.75, 3.05) is 39.9 Å². The molecule has 0 aliphatic carbocycles. The van der Waals surface area contributed by atoms with Gasteiger partial charge in [-0.15, -0.1) is 0 Å². The van der Waals surface area contributed by atoms with E-state index in [0.29, 0.717) is 37.2 Å². The molecule has 1 saturated heterocycles. The molecule has 1 aromatic heterocycles. The minimum atomic E-state index is -0.676. The van der Waals surface area contributed by atoms with Crippen LogP contribution < -0.4 is 14.8 Å². The van der Waals surface area contributed by atoms with Gasteiger partial charge >= 0.3 is 0 Å². The summed E-state index contributed by atoms with van der Waals surface area (Å²) < 4.78 is 11.2. The van der Waals surface area contributed by atoms with E-state index in [1.165, 1.54) is 0 Å². The molecule has 5 rings (SSSR count). The molecule has 0 saturated carbocycles. The van der Waals surface area contributed by atoms with Crippen molar-refractivity contribution in [2.24, 2.45) is 0 Å². The predicted octanol–water partition coefficient (Wildman–Crippen LogP) is 2.34. The second-order valence-corrected chi connectivity index (χ2v) is 9.39. The van der Waals surface area contributed by atoms with Crippen molar-refractivity contribution in [3.63, 3.8) is 0 Å². The maximum Gasteiger partial charge on any atom is 0.208 e. The normalized spacial score (nSPS) is 20.4. The second kappa shape index (κ2) is 9.91. The monoisotopic (exact) mass is 477 g/mol. The number of ether oxygens (including phenoxy) is 2. The number of para-hydroxylation sites is 1. The highest BCUT2D eigenvalue weighted by Gasteiger charge is 2.38. The van der Waals surface area contributed by atoms with Crippen LogP contribution in [-0.4, -0.2) is 77.4 Å². The van der Waals surface area contributed by atoms with Crippen LogP contribution >= 0.6 is 0 Å². The highest BCUT2D eigenvalue weighted by atomic mass is 16.5. The van der Waals surface area contributed by atoms with Crippen molar-refractivity contribution in [2.45, 2.75) is 30.6 Å². The molecular formula is C27H31N3O5. The number of methoxy groups -OCH3 is 1. The van der Waals surface area contributed by atoms with Crippen molar-refractivity contribution in [3.8, 4) is 11.5 Å². The number of β-amino-alcohol motifs (C(OH)–C–C–N with tert-alkyl or cyclic N) is 1. The summed E-state index contributed by atoms with van der Waals surface area (Å²) in [4.78, 5) is 19.2. The zero-order valence-corrected chi connectivity index (χ0v) is 19.8. The Balaban J connectivity index is 1.19. The number of hydrogen-bond acceptors (Lipinski definition) is 8. The SMILES string of the molecule is COc1ccc2nccc(C(O)CN3CCC(CO)(NC[C@H]4Oc5ccccc5C4=O)CC3)c2c1. The summed E-state index contributed by atoms with van der Waals surface area (Å²) in [5.41, 5.74) is 1.77. The molecule has 0 radical (unpaired) electrons. The lowest BCUT2D eigenvalue weighted by atomic mass is 9.87. The van der Waals surface area contributed by atoms with E-state index >= 15 is 0 Å². The number of aromatic nitrogens is 1. The number of nitrogens with zero attached hydrogens (tertiary/aromatic N) is 2. The standard InChI is InChI=1S/C27H31N3O5/c1-34-18-6-7-22-21(14-18)19(8-11-28-22)23(32)16-30-12-9-27(17-31,10-13-30)29-15-25-26(33)20-4-2-3-5-24(20)35-25/h2-8,11,14,23,25,29,31-32H,9-10,12-13,15-17H2,1H3/t23?,25-/m1/s1. The Morgan fingerprint density at radius 3 is 2.77 bits per heavy atom. The Bertz CT molecular complexity index is 1210. The average molecular weight is 478 g/mol. The Morgan fingerprint density at radius 1 is 1.23 bits per heavy atom. The fraction of sp³-hybridized carbons (Fsp3) is 0.407. The van der Waals surface area contributed by atoms with Crippen molar-refractivity contribution < 1.29 is 24.5 Å². The first kappa shape index (κ1) is 23.7. The van der Waals surface area contributed by atoms with Gasteiger partial charge in [0, 0.05) is 43.3 Å². The van der Waals surface area contributed by atoms with E-state index in [1.807, 2.05) is 36.4 Å². The second-order valence-electron chi connectivity index (χ2n) is 9.39. The quantitative estimate of drug-likeness (QED) is 0.454. The predicted molar refractivity (Wildman–Crippen MR) is 132 cm³/mol. The van der Waals surface area contributed by atoms with Gasteiger partial charge in [0.15, 0.2) is 6.10 Å². The van der Waals surface area contributed by atoms with Crippen LogP contribution in [0.3, 0.4) is 0 Å². The van der Waals surface area contributed by atoms with Gasteiger partial charge in [-0.05, 0) is 54.8 Å². The Kier molecular flexibility index (Phi) is 6.71. The summed E-state index contributed by atoms with van der Waals surface area (Å²) >= 11 is 0. The molecule has 0 spiro atoms. The van der Waals surface area contributed by atoms with Gasteiger partial charge in [0.1, 0.15) is 11.5 Å². The zero-order chi connectivity index (χ0) is 24.4. The van der Waals surface area contributed by atoms with Gasteiger partial charge < -0.3 is 29.9 Å². The molecule has 3 aromatic rings. The number of carbonyl (C=O) groups is 1. The molecule has 3 heterocycles. The summed E-state index contributed by atoms with van der Waals surface area (Å²) in [6.07, 6.45) is 1.87. The molecule has 1 fully saturated rings. The number of hydrogen-bond donors (Lipinski definition) is 3. The van der Waals surface area contributed by atoms with Crippen LogP contribution in [0.25, 0.3) is 10.9 Å². The van der Waals surface area contributed by atoms with Gasteiger partial charge in [-0.25, -0.2) is 0 Å². The lowest BCUT2D eigenvalue weighted by Gasteiger charge is -2.42. The Labute approximate surface area is 204 Å². The third-order valence-corrected chi connectivity index (χ3v) is 7.27. The van der Waals surface area contributed by atoms with Gasteiger partial charge in [0.2, 0.25) is 5.78 Å². The third kappa shape index (κ3) is 4.75. The first-order valence-corrected chi connectivity index (χ1v) is 12.0. The maximum absolute atomic E-state index is 12.6. The Hall–Kier alpha value is -3.04. The van der Waals surface area contributed by atoms with Crippen LogP contribution in [0, 0.1) is 0 Å². The molecule has 2 atom stereocenters. The molecule has 8 heteroatoms. The molecule has 35 heavy (non-hydrogen) atoms. The van der Waals surface area contributed by atoms with E-state index in [-0.39, 0.29) is 12.4 Å². The van der Waals surface area contributed by atoms with Gasteiger partial charge in [-0.1, -0.05) is 12.1 Å². The number of likely N-dealkylation sites (tertiary alicyclic amines) is 1. The van der Waals surface area contributed by atoms with Crippen LogP contribution in [-0.2, 0) is 0 Å². The van der Waals surface area contributed by atoms with Crippen molar-refractivity contribution in [3.05, 3.63) is 65.9 Å². The number of Topliss-reactive ketones (excluding diaryl/α,β-unsaturated/α-hetero) is 1. The first-order valence-electron chi connectivity index (χ1n) is 12.0. The number of pyridine rings is 1. The molecule has 3 N–H and O–H groups in total. The minimum Gasteiger partial charge on any atom is -0.497 e. The number of ketones is 1. The van der Waals surface area contributed by atoms with E-state index in [0.717, 1.165) is 35.3 Å². The molecule has 8 nitrogen and oxygen atoms in total. The lowest BCUT2D eigenvalue weighted by Crippen LogP contribution is -2.58. The summed E-state index contributed by atoms with van der Waals surface area (Å²) in [6.45, 7) is 2.25. The highest BCUT2D eigenvalue weighted by molar-refractivity contribution is 6.04. The van der Waals surface area contributed by atoms with E-state index in [2.05, 4.69) is 15.2 Å². The smallest absolute Gasteiger partial charge is 0.208 e. The number of aliphatic hydroxyl groups excluding tert-OH is 2. The minimum absolute atomic E-state index is 0.0218. The number of fused-ring (bicyclic) bond motifs is 2. The van der Waals surface area contributed by atoms with E-state index in [4.69, 9.17) is 9.47 Å². The van der Waals surface area contributed by atoms with Crippen LogP contribution in [0.2, 0.25) is 0 Å².